The molecule has 0 spiro atoms. The molecule has 0 heterocycles. The summed E-state index contributed by atoms with van der Waals surface area (Å²) in [5.74, 6) is 0. The molecule has 3 aromatic carbocycles. The van der Waals surface area contributed by atoms with Crippen LogP contribution in [0.1, 0.15) is 17.5 Å². The van der Waals surface area contributed by atoms with E-state index in [4.69, 9.17) is 0 Å². The second-order valence-electron chi connectivity index (χ2n) is 5.69. The summed E-state index contributed by atoms with van der Waals surface area (Å²) in [6, 6.07) is 16.9. The summed E-state index contributed by atoms with van der Waals surface area (Å²) in [5, 5.41) is 15.9. The normalized spacial score (nSPS) is 20.6. The first-order chi connectivity index (χ1) is 9.73. The highest BCUT2D eigenvalue weighted by molar-refractivity contribution is 6.11. The van der Waals surface area contributed by atoms with Gasteiger partial charge >= 0.3 is 0 Å². The van der Waals surface area contributed by atoms with Gasteiger partial charge in [-0.25, -0.2) is 0 Å². The molecule has 1 aliphatic rings. The summed E-state index contributed by atoms with van der Waals surface area (Å²) >= 11 is 0. The molecule has 1 N–H and O–H groups in total. The first kappa shape index (κ1) is 11.7. The van der Waals surface area contributed by atoms with E-state index < -0.39 is 5.60 Å². The van der Waals surface area contributed by atoms with Crippen LogP contribution in [0.25, 0.3) is 21.5 Å². The zero-order chi connectivity index (χ0) is 13.7. The van der Waals surface area contributed by atoms with E-state index >= 15 is 0 Å². The Kier molecular flexibility index (Phi) is 2.30. The van der Waals surface area contributed by atoms with Crippen LogP contribution in [0.5, 0.6) is 0 Å². The van der Waals surface area contributed by atoms with Gasteiger partial charge in [0, 0.05) is 6.42 Å². The molecule has 1 nitrogen and oxygen atoms in total. The predicted molar refractivity (Wildman–Crippen MR) is 83.9 cm³/mol. The standard InChI is InChI=1S/C19H16O/c1-2-10-19(20)12-14-11-13-6-3-4-7-15(13)16-8-5-9-17(19)18(14)16/h2-9,11,20H,1,10,12H2. The van der Waals surface area contributed by atoms with Crippen molar-refractivity contribution in [1.29, 1.82) is 0 Å². The van der Waals surface area contributed by atoms with E-state index in [1.54, 1.807) is 0 Å². The molecule has 98 valence electrons. The summed E-state index contributed by atoms with van der Waals surface area (Å²) in [6.45, 7) is 3.79. The Hall–Kier alpha value is -2.12. The van der Waals surface area contributed by atoms with E-state index in [0.717, 1.165) is 5.56 Å². The van der Waals surface area contributed by atoms with E-state index in [1.807, 2.05) is 12.1 Å². The van der Waals surface area contributed by atoms with Crippen molar-refractivity contribution < 1.29 is 5.11 Å². The molecule has 0 radical (unpaired) electrons. The van der Waals surface area contributed by atoms with Crippen molar-refractivity contribution in [3.05, 3.63) is 72.3 Å². The van der Waals surface area contributed by atoms with E-state index in [9.17, 15) is 5.11 Å². The van der Waals surface area contributed by atoms with Gasteiger partial charge in [0.2, 0.25) is 0 Å². The van der Waals surface area contributed by atoms with Crippen LogP contribution in [-0.2, 0) is 12.0 Å². The third-order valence-electron chi connectivity index (χ3n) is 4.43. The lowest BCUT2D eigenvalue weighted by Gasteiger charge is -2.22. The second-order valence-corrected chi connectivity index (χ2v) is 5.69. The van der Waals surface area contributed by atoms with Gasteiger partial charge in [-0.3, -0.25) is 0 Å². The van der Waals surface area contributed by atoms with Crippen molar-refractivity contribution in [2.75, 3.05) is 0 Å². The lowest BCUT2D eigenvalue weighted by Crippen LogP contribution is -2.23. The third-order valence-corrected chi connectivity index (χ3v) is 4.43. The first-order valence-electron chi connectivity index (χ1n) is 7.00. The quantitative estimate of drug-likeness (QED) is 0.537. The van der Waals surface area contributed by atoms with Gasteiger partial charge in [0.1, 0.15) is 0 Å². The number of aliphatic hydroxyl groups is 1. The smallest absolute Gasteiger partial charge is 0.0977 e. The van der Waals surface area contributed by atoms with Crippen molar-refractivity contribution in [2.24, 2.45) is 0 Å². The maximum Gasteiger partial charge on any atom is 0.0977 e. The topological polar surface area (TPSA) is 20.2 Å². The molecule has 0 aliphatic heterocycles. The molecule has 0 amide bonds. The van der Waals surface area contributed by atoms with Gasteiger partial charge in [-0.15, -0.1) is 6.58 Å². The molecule has 0 bridgehead atoms. The van der Waals surface area contributed by atoms with Crippen LogP contribution >= 0.6 is 0 Å². The van der Waals surface area contributed by atoms with Gasteiger partial charge < -0.3 is 5.11 Å². The van der Waals surface area contributed by atoms with Gasteiger partial charge in [-0.2, -0.15) is 0 Å². The monoisotopic (exact) mass is 260 g/mol. The largest absolute Gasteiger partial charge is 0.384 e. The zero-order valence-electron chi connectivity index (χ0n) is 11.3. The number of hydrogen-bond acceptors (Lipinski definition) is 1. The Morgan fingerprint density at radius 2 is 1.90 bits per heavy atom. The number of fused-ring (bicyclic) bond motifs is 2. The van der Waals surface area contributed by atoms with Crippen molar-refractivity contribution in [3.63, 3.8) is 0 Å². The van der Waals surface area contributed by atoms with Gasteiger partial charge in [-0.1, -0.05) is 54.6 Å². The number of benzene rings is 3. The summed E-state index contributed by atoms with van der Waals surface area (Å²) in [5.41, 5.74) is 1.51. The Labute approximate surface area is 118 Å². The maximum absolute atomic E-state index is 11.0. The summed E-state index contributed by atoms with van der Waals surface area (Å²) in [6.07, 6.45) is 3.08. The van der Waals surface area contributed by atoms with Crippen LogP contribution in [0.2, 0.25) is 0 Å². The van der Waals surface area contributed by atoms with E-state index in [0.29, 0.717) is 12.8 Å². The molecule has 0 saturated carbocycles. The summed E-state index contributed by atoms with van der Waals surface area (Å²) in [4.78, 5) is 0. The van der Waals surface area contributed by atoms with Crippen LogP contribution < -0.4 is 0 Å². The van der Waals surface area contributed by atoms with Gasteiger partial charge in [-0.05, 0) is 39.1 Å². The van der Waals surface area contributed by atoms with Crippen LogP contribution in [0.4, 0.5) is 0 Å². The Morgan fingerprint density at radius 1 is 1.10 bits per heavy atom. The molecule has 20 heavy (non-hydrogen) atoms. The Morgan fingerprint density at radius 3 is 2.75 bits per heavy atom. The fourth-order valence-electron chi connectivity index (χ4n) is 3.61. The molecule has 3 aromatic rings. The average molecular weight is 260 g/mol. The summed E-state index contributed by atoms with van der Waals surface area (Å²) in [7, 11) is 0. The molecule has 4 rings (SSSR count). The highest BCUT2D eigenvalue weighted by atomic mass is 16.3. The van der Waals surface area contributed by atoms with Crippen LogP contribution in [0.15, 0.2) is 61.2 Å². The minimum absolute atomic E-state index is 0.594. The fourth-order valence-corrected chi connectivity index (χ4v) is 3.61. The lowest BCUT2D eigenvalue weighted by atomic mass is 9.91. The molecule has 0 fully saturated rings. The highest BCUT2D eigenvalue weighted by Gasteiger charge is 2.36. The Bertz CT molecular complexity index is 847. The Balaban J connectivity index is 2.15. The SMILES string of the molecule is C=CCC1(O)Cc2cc3ccccc3c3cccc1c23. The van der Waals surface area contributed by atoms with Gasteiger partial charge in [0.25, 0.3) is 0 Å². The van der Waals surface area contributed by atoms with E-state index in [2.05, 4.69) is 49.0 Å². The first-order valence-corrected chi connectivity index (χ1v) is 7.00. The number of rotatable bonds is 2. The second kappa shape index (κ2) is 3.94. The average Bonchev–Trinajstić information content (AvgIpc) is 2.74. The molecule has 1 aliphatic carbocycles. The number of hydrogen-bond donors (Lipinski definition) is 1. The highest BCUT2D eigenvalue weighted by Crippen LogP contribution is 2.45. The summed E-state index contributed by atoms with van der Waals surface area (Å²) < 4.78 is 0. The fraction of sp³-hybridized carbons (Fsp3) is 0.158. The molecular weight excluding hydrogens is 244 g/mol. The van der Waals surface area contributed by atoms with Gasteiger partial charge in [0.05, 0.1) is 5.60 Å². The van der Waals surface area contributed by atoms with Crippen LogP contribution in [-0.4, -0.2) is 5.11 Å². The van der Waals surface area contributed by atoms with Gasteiger partial charge in [0.15, 0.2) is 0 Å². The molecule has 1 heteroatoms. The van der Waals surface area contributed by atoms with Crippen molar-refractivity contribution in [3.8, 4) is 0 Å². The van der Waals surface area contributed by atoms with Crippen molar-refractivity contribution >= 4 is 21.5 Å². The molecule has 1 unspecified atom stereocenters. The minimum atomic E-state index is -0.791. The van der Waals surface area contributed by atoms with Crippen molar-refractivity contribution in [2.45, 2.75) is 18.4 Å². The molecule has 1 atom stereocenters. The molecular formula is C19H16O. The molecule has 0 aromatic heterocycles. The lowest BCUT2D eigenvalue weighted by molar-refractivity contribution is 0.0469. The minimum Gasteiger partial charge on any atom is -0.384 e. The third kappa shape index (κ3) is 1.41. The zero-order valence-corrected chi connectivity index (χ0v) is 11.3. The molecule has 0 saturated heterocycles. The van der Waals surface area contributed by atoms with E-state index in [-0.39, 0.29) is 0 Å². The maximum atomic E-state index is 11.0. The van der Waals surface area contributed by atoms with Crippen LogP contribution in [0.3, 0.4) is 0 Å². The predicted octanol–water partition coefficient (Wildman–Crippen LogP) is 4.31. The van der Waals surface area contributed by atoms with Crippen LogP contribution in [0, 0.1) is 0 Å². The van der Waals surface area contributed by atoms with E-state index in [1.165, 1.54) is 27.1 Å². The van der Waals surface area contributed by atoms with Crippen molar-refractivity contribution in [1.82, 2.24) is 0 Å².